The molecule has 0 fully saturated rings. The van der Waals surface area contributed by atoms with Crippen molar-refractivity contribution in [2.75, 3.05) is 7.11 Å². The van der Waals surface area contributed by atoms with Crippen LogP contribution in [0.3, 0.4) is 0 Å². The maximum Gasteiger partial charge on any atom is 0.161 e. The molecule has 1 aromatic carbocycles. The molecule has 0 saturated heterocycles. The molecule has 1 aliphatic carbocycles. The first-order valence-corrected chi connectivity index (χ1v) is 5.80. The van der Waals surface area contributed by atoms with Gasteiger partial charge in [-0.25, -0.2) is 0 Å². The summed E-state index contributed by atoms with van der Waals surface area (Å²) >= 11 is 0. The SMILES string of the molecule is COC(/C=C/c1ccccc1)C1=CCCC1=O. The number of Topliss-reactive ketones (excluding diaryl/α,β-unsaturated/α-hetero) is 1. The van der Waals surface area contributed by atoms with Gasteiger partial charge in [0.05, 0.1) is 0 Å². The summed E-state index contributed by atoms with van der Waals surface area (Å²) in [6, 6.07) is 10.00. The third-order valence-corrected chi connectivity index (χ3v) is 2.88. The van der Waals surface area contributed by atoms with Gasteiger partial charge < -0.3 is 4.74 Å². The molecule has 1 atom stereocenters. The van der Waals surface area contributed by atoms with E-state index < -0.39 is 0 Å². The second-order valence-electron chi connectivity index (χ2n) is 4.05. The molecule has 88 valence electrons. The molecule has 0 aromatic heterocycles. The lowest BCUT2D eigenvalue weighted by Crippen LogP contribution is -2.15. The molecule has 0 bridgehead atoms. The fraction of sp³-hybridized carbons (Fsp3) is 0.267. The Morgan fingerprint density at radius 1 is 1.29 bits per heavy atom. The maximum atomic E-state index is 11.6. The molecular formula is C15H16O2. The molecule has 0 heterocycles. The van der Waals surface area contributed by atoms with Gasteiger partial charge in [0.15, 0.2) is 5.78 Å². The number of carbonyl (C=O) groups is 1. The van der Waals surface area contributed by atoms with Crippen LogP contribution in [0, 0.1) is 0 Å². The van der Waals surface area contributed by atoms with Gasteiger partial charge in [-0.05, 0) is 12.0 Å². The number of methoxy groups -OCH3 is 1. The van der Waals surface area contributed by atoms with E-state index >= 15 is 0 Å². The number of carbonyl (C=O) groups excluding carboxylic acids is 1. The van der Waals surface area contributed by atoms with Crippen LogP contribution in [-0.2, 0) is 9.53 Å². The first-order chi connectivity index (χ1) is 8.31. The van der Waals surface area contributed by atoms with Crippen LogP contribution >= 0.6 is 0 Å². The van der Waals surface area contributed by atoms with E-state index in [0.29, 0.717) is 6.42 Å². The van der Waals surface area contributed by atoms with E-state index in [9.17, 15) is 4.79 Å². The highest BCUT2D eigenvalue weighted by atomic mass is 16.5. The van der Waals surface area contributed by atoms with Gasteiger partial charge >= 0.3 is 0 Å². The van der Waals surface area contributed by atoms with E-state index in [0.717, 1.165) is 17.6 Å². The maximum absolute atomic E-state index is 11.6. The van der Waals surface area contributed by atoms with Crippen molar-refractivity contribution in [2.24, 2.45) is 0 Å². The summed E-state index contributed by atoms with van der Waals surface area (Å²) < 4.78 is 5.35. The van der Waals surface area contributed by atoms with Crippen LogP contribution in [-0.4, -0.2) is 19.0 Å². The molecule has 1 aliphatic rings. The number of hydrogen-bond donors (Lipinski definition) is 0. The Bertz CT molecular complexity index is 443. The molecule has 0 aliphatic heterocycles. The van der Waals surface area contributed by atoms with E-state index in [-0.39, 0.29) is 11.9 Å². The highest BCUT2D eigenvalue weighted by Gasteiger charge is 2.21. The summed E-state index contributed by atoms with van der Waals surface area (Å²) in [4.78, 5) is 11.6. The fourth-order valence-electron chi connectivity index (χ4n) is 1.96. The third-order valence-electron chi connectivity index (χ3n) is 2.88. The van der Waals surface area contributed by atoms with Gasteiger partial charge in [-0.3, -0.25) is 4.79 Å². The quantitative estimate of drug-likeness (QED) is 0.791. The van der Waals surface area contributed by atoms with E-state index in [4.69, 9.17) is 4.74 Å². The molecule has 0 saturated carbocycles. The smallest absolute Gasteiger partial charge is 0.161 e. The molecule has 0 amide bonds. The topological polar surface area (TPSA) is 26.3 Å². The molecule has 2 heteroatoms. The second-order valence-corrected chi connectivity index (χ2v) is 4.05. The van der Waals surface area contributed by atoms with Crippen molar-refractivity contribution in [3.05, 3.63) is 53.6 Å². The van der Waals surface area contributed by atoms with E-state index in [1.165, 1.54) is 0 Å². The lowest BCUT2D eigenvalue weighted by Gasteiger charge is -2.11. The Hall–Kier alpha value is -1.67. The summed E-state index contributed by atoms with van der Waals surface area (Å²) in [5.41, 5.74) is 1.90. The standard InChI is InChI=1S/C15H16O2/c1-17-15(13-8-5-9-14(13)16)11-10-12-6-3-2-4-7-12/h2-4,6-8,10-11,15H,5,9H2,1H3/b11-10+. The molecule has 17 heavy (non-hydrogen) atoms. The molecule has 1 unspecified atom stereocenters. The van der Waals surface area contributed by atoms with Gasteiger partial charge in [0, 0.05) is 19.1 Å². The van der Waals surface area contributed by atoms with E-state index in [1.807, 2.05) is 48.6 Å². The Morgan fingerprint density at radius 3 is 2.65 bits per heavy atom. The van der Waals surface area contributed by atoms with Crippen LogP contribution in [0.25, 0.3) is 6.08 Å². The van der Waals surface area contributed by atoms with Crippen molar-refractivity contribution in [1.29, 1.82) is 0 Å². The van der Waals surface area contributed by atoms with Crippen LogP contribution in [0.15, 0.2) is 48.1 Å². The van der Waals surface area contributed by atoms with Crippen LogP contribution < -0.4 is 0 Å². The first kappa shape index (κ1) is 11.8. The van der Waals surface area contributed by atoms with Crippen LogP contribution in [0.5, 0.6) is 0 Å². The molecule has 2 nitrogen and oxygen atoms in total. The fourth-order valence-corrected chi connectivity index (χ4v) is 1.96. The highest BCUT2D eigenvalue weighted by Crippen LogP contribution is 2.20. The number of benzene rings is 1. The minimum absolute atomic E-state index is 0.203. The van der Waals surface area contributed by atoms with Crippen molar-refractivity contribution < 1.29 is 9.53 Å². The normalized spacial score (nSPS) is 17.5. The lowest BCUT2D eigenvalue weighted by molar-refractivity contribution is -0.115. The number of ketones is 1. The minimum atomic E-state index is -0.217. The molecular weight excluding hydrogens is 212 g/mol. The van der Waals surface area contributed by atoms with E-state index in [2.05, 4.69) is 0 Å². The third kappa shape index (κ3) is 2.92. The highest BCUT2D eigenvalue weighted by molar-refractivity contribution is 5.99. The van der Waals surface area contributed by atoms with Crippen LogP contribution in [0.4, 0.5) is 0 Å². The summed E-state index contributed by atoms with van der Waals surface area (Å²) in [6.45, 7) is 0. The average Bonchev–Trinajstić information content (AvgIpc) is 2.78. The first-order valence-electron chi connectivity index (χ1n) is 5.80. The second kappa shape index (κ2) is 5.60. The van der Waals surface area contributed by atoms with Gasteiger partial charge in [0.2, 0.25) is 0 Å². The van der Waals surface area contributed by atoms with Crippen molar-refractivity contribution in [1.82, 2.24) is 0 Å². The van der Waals surface area contributed by atoms with Crippen molar-refractivity contribution in [3.63, 3.8) is 0 Å². The molecule has 0 radical (unpaired) electrons. The number of allylic oxidation sites excluding steroid dienone is 1. The van der Waals surface area contributed by atoms with Gasteiger partial charge in [-0.2, -0.15) is 0 Å². The van der Waals surface area contributed by atoms with Crippen LogP contribution in [0.2, 0.25) is 0 Å². The van der Waals surface area contributed by atoms with Gasteiger partial charge in [-0.1, -0.05) is 48.6 Å². The minimum Gasteiger partial charge on any atom is -0.373 e. The predicted molar refractivity (Wildman–Crippen MR) is 68.6 cm³/mol. The summed E-state index contributed by atoms with van der Waals surface area (Å²) in [5.74, 6) is 0.203. The molecule has 1 aromatic rings. The predicted octanol–water partition coefficient (Wildman–Crippen LogP) is 3.00. The molecule has 0 N–H and O–H groups in total. The van der Waals surface area contributed by atoms with Crippen molar-refractivity contribution in [2.45, 2.75) is 18.9 Å². The molecule has 0 spiro atoms. The zero-order valence-electron chi connectivity index (χ0n) is 9.93. The van der Waals surface area contributed by atoms with Crippen LogP contribution in [0.1, 0.15) is 18.4 Å². The van der Waals surface area contributed by atoms with Gasteiger partial charge in [0.1, 0.15) is 6.10 Å². The number of hydrogen-bond acceptors (Lipinski definition) is 2. The largest absolute Gasteiger partial charge is 0.373 e. The van der Waals surface area contributed by atoms with Crippen molar-refractivity contribution >= 4 is 11.9 Å². The zero-order chi connectivity index (χ0) is 12.1. The Kier molecular flexibility index (Phi) is 3.89. The monoisotopic (exact) mass is 228 g/mol. The summed E-state index contributed by atoms with van der Waals surface area (Å²) in [5, 5.41) is 0. The summed E-state index contributed by atoms with van der Waals surface area (Å²) in [6.07, 6.45) is 7.14. The Balaban J connectivity index is 2.10. The number of ether oxygens (including phenoxy) is 1. The zero-order valence-corrected chi connectivity index (χ0v) is 9.93. The Morgan fingerprint density at radius 2 is 2.06 bits per heavy atom. The van der Waals surface area contributed by atoms with Gasteiger partial charge in [0.25, 0.3) is 0 Å². The molecule has 2 rings (SSSR count). The lowest BCUT2D eigenvalue weighted by atomic mass is 10.1. The summed E-state index contributed by atoms with van der Waals surface area (Å²) in [7, 11) is 1.63. The van der Waals surface area contributed by atoms with Gasteiger partial charge in [-0.15, -0.1) is 0 Å². The van der Waals surface area contributed by atoms with Crippen molar-refractivity contribution in [3.8, 4) is 0 Å². The Labute approximate surface area is 102 Å². The average molecular weight is 228 g/mol. The number of rotatable bonds is 4. The van der Waals surface area contributed by atoms with E-state index in [1.54, 1.807) is 7.11 Å².